The first-order chi connectivity index (χ1) is 12.7. The van der Waals surface area contributed by atoms with Crippen LogP contribution in [0.2, 0.25) is 0 Å². The van der Waals surface area contributed by atoms with Gasteiger partial charge in [0.2, 0.25) is 5.91 Å². The van der Waals surface area contributed by atoms with Gasteiger partial charge in [0.15, 0.2) is 0 Å². The average Bonchev–Trinajstić information content (AvgIpc) is 2.64. The lowest BCUT2D eigenvalue weighted by molar-refractivity contribution is -0.384. The molecule has 0 radical (unpaired) electrons. The number of nitro groups is 1. The summed E-state index contributed by atoms with van der Waals surface area (Å²) in [7, 11) is 0. The number of hydrogen-bond donors (Lipinski definition) is 2. The second-order valence-corrected chi connectivity index (χ2v) is 6.36. The summed E-state index contributed by atoms with van der Waals surface area (Å²) >= 11 is 0. The highest BCUT2D eigenvalue weighted by Crippen LogP contribution is 2.37. The van der Waals surface area contributed by atoms with Crippen LogP contribution in [0.4, 0.5) is 24.5 Å². The van der Waals surface area contributed by atoms with Gasteiger partial charge in [0.25, 0.3) is 5.69 Å². The molecule has 0 spiro atoms. The van der Waals surface area contributed by atoms with E-state index in [1.54, 1.807) is 4.90 Å². The molecule has 1 aliphatic rings. The van der Waals surface area contributed by atoms with Crippen molar-refractivity contribution in [2.75, 3.05) is 37.6 Å². The van der Waals surface area contributed by atoms with Crippen LogP contribution in [-0.2, 0) is 11.0 Å². The summed E-state index contributed by atoms with van der Waals surface area (Å²) in [5, 5.41) is 17.2. The number of rotatable bonds is 7. The molecule has 7 nitrogen and oxygen atoms in total. The lowest BCUT2D eigenvalue weighted by atomic mass is 9.95. The van der Waals surface area contributed by atoms with Crippen LogP contribution >= 0.6 is 12.4 Å². The molecule has 2 N–H and O–H groups in total. The van der Waals surface area contributed by atoms with Crippen molar-refractivity contribution >= 4 is 29.7 Å². The number of carbonyl (C=O) groups is 1. The summed E-state index contributed by atoms with van der Waals surface area (Å²) in [5.74, 6) is -0.258. The minimum Gasteiger partial charge on any atom is -0.366 e. The predicted molar refractivity (Wildman–Crippen MR) is 102 cm³/mol. The van der Waals surface area contributed by atoms with E-state index in [2.05, 4.69) is 10.6 Å². The number of nitro benzene ring substituents is 1. The third-order valence-electron chi connectivity index (χ3n) is 4.56. The summed E-state index contributed by atoms with van der Waals surface area (Å²) in [5.41, 5.74) is -1.47. The molecule has 0 aromatic heterocycles. The number of alkyl halides is 3. The van der Waals surface area contributed by atoms with Crippen molar-refractivity contribution in [3.8, 4) is 0 Å². The molecule has 1 aliphatic heterocycles. The van der Waals surface area contributed by atoms with Crippen LogP contribution in [0.15, 0.2) is 18.2 Å². The largest absolute Gasteiger partial charge is 0.416 e. The second kappa shape index (κ2) is 10.5. The molecule has 0 unspecified atom stereocenters. The maximum absolute atomic E-state index is 12.8. The number of nitrogens with zero attached hydrogens (tertiary/aromatic N) is 2. The second-order valence-electron chi connectivity index (χ2n) is 6.36. The van der Waals surface area contributed by atoms with Gasteiger partial charge in [-0.25, -0.2) is 0 Å². The zero-order valence-corrected chi connectivity index (χ0v) is 16.2. The van der Waals surface area contributed by atoms with Crippen LogP contribution in [0, 0.1) is 16.0 Å². The number of anilines is 1. The number of piperidine rings is 1. The van der Waals surface area contributed by atoms with Crippen molar-refractivity contribution in [3.63, 3.8) is 0 Å². The number of nitrogens with one attached hydrogen (secondary N) is 2. The molecule has 1 aromatic rings. The molecule has 11 heteroatoms. The quantitative estimate of drug-likeness (QED) is 0.399. The van der Waals surface area contributed by atoms with Crippen molar-refractivity contribution < 1.29 is 22.9 Å². The van der Waals surface area contributed by atoms with Crippen molar-refractivity contribution in [2.45, 2.75) is 25.9 Å². The van der Waals surface area contributed by atoms with E-state index < -0.39 is 22.4 Å². The van der Waals surface area contributed by atoms with Crippen LogP contribution in [0.5, 0.6) is 0 Å². The highest BCUT2D eigenvalue weighted by atomic mass is 35.5. The number of benzene rings is 1. The number of halogens is 4. The van der Waals surface area contributed by atoms with Crippen molar-refractivity contribution in [1.82, 2.24) is 10.6 Å². The van der Waals surface area contributed by atoms with Gasteiger partial charge >= 0.3 is 6.18 Å². The number of carbonyl (C=O) groups excluding carboxylic acids is 1. The molecule has 1 saturated heterocycles. The van der Waals surface area contributed by atoms with E-state index in [1.165, 1.54) is 0 Å². The molecule has 2 rings (SSSR count). The fraction of sp³-hybridized carbons (Fsp3) is 0.588. The van der Waals surface area contributed by atoms with Crippen LogP contribution < -0.4 is 15.5 Å². The molecule has 0 bridgehead atoms. The molecule has 0 aliphatic carbocycles. The van der Waals surface area contributed by atoms with E-state index in [-0.39, 0.29) is 29.9 Å². The summed E-state index contributed by atoms with van der Waals surface area (Å²) in [6.45, 7) is 4.74. The summed E-state index contributed by atoms with van der Waals surface area (Å²) in [6, 6.07) is 2.55. The van der Waals surface area contributed by atoms with E-state index in [9.17, 15) is 28.1 Å². The lowest BCUT2D eigenvalue weighted by Gasteiger charge is -2.32. The van der Waals surface area contributed by atoms with Crippen molar-refractivity contribution in [1.29, 1.82) is 0 Å². The summed E-state index contributed by atoms with van der Waals surface area (Å²) < 4.78 is 38.4. The van der Waals surface area contributed by atoms with E-state index in [0.29, 0.717) is 45.1 Å². The topological polar surface area (TPSA) is 87.5 Å². The van der Waals surface area contributed by atoms with Gasteiger partial charge in [-0.3, -0.25) is 14.9 Å². The minimum absolute atomic E-state index is 0. The Hall–Kier alpha value is -2.07. The van der Waals surface area contributed by atoms with Crippen molar-refractivity contribution in [3.05, 3.63) is 33.9 Å². The maximum atomic E-state index is 12.8. The van der Waals surface area contributed by atoms with Gasteiger partial charge in [-0.1, -0.05) is 6.92 Å². The van der Waals surface area contributed by atoms with E-state index >= 15 is 0 Å². The van der Waals surface area contributed by atoms with E-state index in [0.717, 1.165) is 18.7 Å². The van der Waals surface area contributed by atoms with Crippen molar-refractivity contribution in [2.24, 2.45) is 5.92 Å². The SMILES string of the molecule is CCNCCNC(=O)C1CCN(c2ccc(C(F)(F)F)cc2[N+](=O)[O-])CC1.Cl. The fourth-order valence-corrected chi connectivity index (χ4v) is 3.09. The van der Waals surface area contributed by atoms with Gasteiger partial charge in [0.1, 0.15) is 5.69 Å². The van der Waals surface area contributed by atoms with Gasteiger partial charge in [-0.2, -0.15) is 13.2 Å². The molecule has 1 fully saturated rings. The highest BCUT2D eigenvalue weighted by Gasteiger charge is 2.34. The van der Waals surface area contributed by atoms with Gasteiger partial charge in [-0.15, -0.1) is 12.4 Å². The third-order valence-corrected chi connectivity index (χ3v) is 4.56. The van der Waals surface area contributed by atoms with Gasteiger partial charge < -0.3 is 15.5 Å². The normalized spacial score (nSPS) is 15.1. The Kier molecular flexibility index (Phi) is 8.96. The Balaban J connectivity index is 0.00000392. The molecular weight excluding hydrogens is 401 g/mol. The standard InChI is InChI=1S/C17H23F3N4O3.ClH/c1-2-21-7-8-22-16(25)12-5-9-23(10-6-12)14-4-3-13(17(18,19)20)11-15(14)24(26)27;/h3-4,11-12,21H,2,5-10H2,1H3,(H,22,25);1H. The molecule has 0 saturated carbocycles. The Bertz CT molecular complexity index is 680. The van der Waals surface area contributed by atoms with Gasteiger partial charge in [0, 0.05) is 38.2 Å². The smallest absolute Gasteiger partial charge is 0.366 e. The van der Waals surface area contributed by atoms with Gasteiger partial charge in [-0.05, 0) is 31.5 Å². The molecule has 1 heterocycles. The molecular formula is C17H24ClF3N4O3. The van der Waals surface area contributed by atoms with Crippen LogP contribution in [0.3, 0.4) is 0 Å². The molecule has 158 valence electrons. The number of amides is 1. The number of likely N-dealkylation sites (N-methyl/N-ethyl adjacent to an activating group) is 1. The minimum atomic E-state index is -4.64. The number of hydrogen-bond acceptors (Lipinski definition) is 5. The first-order valence-corrected chi connectivity index (χ1v) is 8.83. The van der Waals surface area contributed by atoms with Crippen LogP contribution in [0.1, 0.15) is 25.3 Å². The average molecular weight is 425 g/mol. The highest BCUT2D eigenvalue weighted by molar-refractivity contribution is 5.85. The van der Waals surface area contributed by atoms with Crippen LogP contribution in [-0.4, -0.2) is 43.6 Å². The monoisotopic (exact) mass is 424 g/mol. The Morgan fingerprint density at radius 3 is 2.46 bits per heavy atom. The lowest BCUT2D eigenvalue weighted by Crippen LogP contribution is -2.42. The molecule has 0 atom stereocenters. The maximum Gasteiger partial charge on any atom is 0.416 e. The van der Waals surface area contributed by atoms with Crippen LogP contribution in [0.25, 0.3) is 0 Å². The van der Waals surface area contributed by atoms with Gasteiger partial charge in [0.05, 0.1) is 10.5 Å². The Morgan fingerprint density at radius 2 is 1.93 bits per heavy atom. The molecule has 1 aromatic carbocycles. The zero-order chi connectivity index (χ0) is 20.0. The Morgan fingerprint density at radius 1 is 1.29 bits per heavy atom. The fourth-order valence-electron chi connectivity index (χ4n) is 3.09. The Labute approximate surface area is 167 Å². The molecule has 1 amide bonds. The van der Waals surface area contributed by atoms with E-state index in [4.69, 9.17) is 0 Å². The first-order valence-electron chi connectivity index (χ1n) is 8.83. The summed E-state index contributed by atoms with van der Waals surface area (Å²) in [6.07, 6.45) is -3.66. The summed E-state index contributed by atoms with van der Waals surface area (Å²) in [4.78, 5) is 24.2. The zero-order valence-electron chi connectivity index (χ0n) is 15.4. The first kappa shape index (κ1) is 24.0. The third kappa shape index (κ3) is 6.23. The molecule has 28 heavy (non-hydrogen) atoms. The predicted octanol–water partition coefficient (Wildman–Crippen LogP) is 2.98. The van der Waals surface area contributed by atoms with E-state index in [1.807, 2.05) is 6.92 Å².